The molecule has 146 valence electrons. The predicted octanol–water partition coefficient (Wildman–Crippen LogP) is 2.97. The third kappa shape index (κ3) is 3.77. The van der Waals surface area contributed by atoms with Crippen molar-refractivity contribution in [2.75, 3.05) is 31.1 Å². The third-order valence-corrected chi connectivity index (χ3v) is 5.89. The van der Waals surface area contributed by atoms with Gasteiger partial charge in [0.15, 0.2) is 5.65 Å². The zero-order valence-electron chi connectivity index (χ0n) is 15.1. The molecule has 1 aliphatic heterocycles. The van der Waals surface area contributed by atoms with Gasteiger partial charge in [0.25, 0.3) is 0 Å². The van der Waals surface area contributed by atoms with Crippen LogP contribution in [0.1, 0.15) is 6.92 Å². The van der Waals surface area contributed by atoms with Crippen molar-refractivity contribution in [2.24, 2.45) is 0 Å². The molecule has 1 amide bonds. The maximum absolute atomic E-state index is 14.0. The number of hydrogen-bond acceptors (Lipinski definition) is 6. The van der Waals surface area contributed by atoms with Crippen molar-refractivity contribution in [3.63, 3.8) is 0 Å². The van der Waals surface area contributed by atoms with Gasteiger partial charge >= 0.3 is 0 Å². The lowest BCUT2D eigenvalue weighted by Gasteiger charge is -2.37. The highest BCUT2D eigenvalue weighted by molar-refractivity contribution is 8.00. The molecule has 0 radical (unpaired) electrons. The molecule has 3 heterocycles. The van der Waals surface area contributed by atoms with Crippen molar-refractivity contribution in [1.29, 1.82) is 0 Å². The van der Waals surface area contributed by atoms with E-state index in [1.165, 1.54) is 24.2 Å². The van der Waals surface area contributed by atoms with Gasteiger partial charge in [-0.2, -0.15) is 4.98 Å². The highest BCUT2D eigenvalue weighted by Gasteiger charge is 2.27. The molecule has 0 saturated carbocycles. The summed E-state index contributed by atoms with van der Waals surface area (Å²) in [6.45, 7) is 4.11. The summed E-state index contributed by atoms with van der Waals surface area (Å²) in [5, 5.41) is 0.344. The first-order valence-electron chi connectivity index (χ1n) is 8.84. The van der Waals surface area contributed by atoms with E-state index in [4.69, 9.17) is 11.6 Å². The Kier molecular flexibility index (Phi) is 5.36. The van der Waals surface area contributed by atoms with Gasteiger partial charge < -0.3 is 14.8 Å². The van der Waals surface area contributed by atoms with Crippen LogP contribution in [0, 0.1) is 5.82 Å². The number of carbonyl (C=O) groups is 1. The summed E-state index contributed by atoms with van der Waals surface area (Å²) in [5.74, 6) is -0.226. The number of thioether (sulfide) groups is 1. The van der Waals surface area contributed by atoms with Gasteiger partial charge in [0.05, 0.1) is 17.3 Å². The molecule has 1 aromatic carbocycles. The van der Waals surface area contributed by atoms with E-state index in [1.54, 1.807) is 12.1 Å². The number of halogens is 2. The maximum atomic E-state index is 14.0. The highest BCUT2D eigenvalue weighted by Crippen LogP contribution is 2.29. The van der Waals surface area contributed by atoms with Gasteiger partial charge in [0.1, 0.15) is 16.4 Å². The topological polar surface area (TPSA) is 78.0 Å². The lowest BCUT2D eigenvalue weighted by atomic mass is 10.2. The number of piperazine rings is 1. The summed E-state index contributed by atoms with van der Waals surface area (Å²) in [6.07, 6.45) is 1.52. The fourth-order valence-electron chi connectivity index (χ4n) is 3.22. The number of amides is 1. The quantitative estimate of drug-likeness (QED) is 0.397. The van der Waals surface area contributed by atoms with Crippen molar-refractivity contribution in [3.8, 4) is 0 Å². The Bertz CT molecular complexity index is 1010. The summed E-state index contributed by atoms with van der Waals surface area (Å²) < 4.78 is 14.0. The Morgan fingerprint density at radius 1 is 1.25 bits per heavy atom. The van der Waals surface area contributed by atoms with Crippen LogP contribution in [0.25, 0.3) is 11.2 Å². The number of imidazole rings is 1. The smallest absolute Gasteiger partial charge is 0.235 e. The molecular weight excluding hydrogens is 403 g/mol. The van der Waals surface area contributed by atoms with Crippen LogP contribution >= 0.6 is 23.4 Å². The summed E-state index contributed by atoms with van der Waals surface area (Å²) in [6, 6.07) is 6.71. The molecule has 28 heavy (non-hydrogen) atoms. The average molecular weight is 421 g/mol. The third-order valence-electron chi connectivity index (χ3n) is 4.65. The van der Waals surface area contributed by atoms with Gasteiger partial charge in [-0.05, 0) is 30.7 Å². The Hall–Kier alpha value is -2.39. The number of H-pyrrole nitrogens is 1. The first-order valence-corrected chi connectivity index (χ1v) is 10.1. The van der Waals surface area contributed by atoms with E-state index >= 15 is 0 Å². The summed E-state index contributed by atoms with van der Waals surface area (Å²) >= 11 is 7.28. The minimum atomic E-state index is -0.350. The number of aromatic nitrogens is 4. The molecule has 0 unspecified atom stereocenters. The van der Waals surface area contributed by atoms with Gasteiger partial charge in [0, 0.05) is 26.2 Å². The highest BCUT2D eigenvalue weighted by atomic mass is 35.5. The molecule has 4 rings (SSSR count). The number of aromatic amines is 1. The molecule has 1 N–H and O–H groups in total. The molecule has 7 nitrogen and oxygen atoms in total. The molecule has 1 atom stereocenters. The fourth-order valence-corrected chi connectivity index (χ4v) is 4.42. The largest absolute Gasteiger partial charge is 0.366 e. The van der Waals surface area contributed by atoms with Gasteiger partial charge in [-0.3, -0.25) is 4.79 Å². The van der Waals surface area contributed by atoms with Crippen molar-refractivity contribution >= 4 is 46.1 Å². The maximum Gasteiger partial charge on any atom is 0.235 e. The first kappa shape index (κ1) is 18.9. The molecular formula is C18H18ClFN6OS. The van der Waals surface area contributed by atoms with Crippen LogP contribution in [0.2, 0.25) is 5.28 Å². The van der Waals surface area contributed by atoms with Crippen molar-refractivity contribution in [3.05, 3.63) is 41.7 Å². The molecule has 2 aromatic heterocycles. The number of nitrogens with one attached hydrogen (secondary N) is 1. The van der Waals surface area contributed by atoms with Crippen molar-refractivity contribution in [1.82, 2.24) is 24.8 Å². The SMILES string of the molecule is C[C@H](Sc1nc(Cl)nc2nc[nH]c12)C(=O)N1CCN(c2ccccc2F)CC1. The number of para-hydroxylation sites is 1. The fraction of sp³-hybridized carbons (Fsp3) is 0.333. The number of rotatable bonds is 4. The van der Waals surface area contributed by atoms with Crippen LogP contribution < -0.4 is 4.90 Å². The van der Waals surface area contributed by atoms with E-state index < -0.39 is 0 Å². The molecule has 0 aliphatic carbocycles. The van der Waals surface area contributed by atoms with Crippen LogP contribution in [0.3, 0.4) is 0 Å². The molecule has 1 saturated heterocycles. The van der Waals surface area contributed by atoms with E-state index in [-0.39, 0.29) is 22.3 Å². The second-order valence-electron chi connectivity index (χ2n) is 6.42. The van der Waals surface area contributed by atoms with E-state index in [9.17, 15) is 9.18 Å². The molecule has 1 aliphatic rings. The number of hydrogen-bond donors (Lipinski definition) is 1. The molecule has 0 bridgehead atoms. The Labute approximate surface area is 170 Å². The Morgan fingerprint density at radius 2 is 2.00 bits per heavy atom. The first-order chi connectivity index (χ1) is 13.5. The molecule has 1 fully saturated rings. The summed E-state index contributed by atoms with van der Waals surface area (Å²) in [7, 11) is 0. The zero-order valence-corrected chi connectivity index (χ0v) is 16.7. The van der Waals surface area contributed by atoms with E-state index in [2.05, 4.69) is 19.9 Å². The van der Waals surface area contributed by atoms with Crippen LogP contribution in [-0.2, 0) is 4.79 Å². The Morgan fingerprint density at radius 3 is 2.75 bits per heavy atom. The van der Waals surface area contributed by atoms with Gasteiger partial charge in [-0.25, -0.2) is 14.4 Å². The summed E-state index contributed by atoms with van der Waals surface area (Å²) in [4.78, 5) is 32.0. The van der Waals surface area contributed by atoms with Gasteiger partial charge in [-0.15, -0.1) is 0 Å². The molecule has 10 heteroatoms. The van der Waals surface area contributed by atoms with E-state index in [1.807, 2.05) is 22.8 Å². The minimum Gasteiger partial charge on any atom is -0.366 e. The van der Waals surface area contributed by atoms with Gasteiger partial charge in [-0.1, -0.05) is 23.9 Å². The van der Waals surface area contributed by atoms with Gasteiger partial charge in [0.2, 0.25) is 11.2 Å². The van der Waals surface area contributed by atoms with Crippen molar-refractivity contribution < 1.29 is 9.18 Å². The lowest BCUT2D eigenvalue weighted by Crippen LogP contribution is -2.50. The second-order valence-corrected chi connectivity index (χ2v) is 8.09. The molecule has 0 spiro atoms. The average Bonchev–Trinajstić information content (AvgIpc) is 3.16. The number of carbonyl (C=O) groups excluding carboxylic acids is 1. The van der Waals surface area contributed by atoms with E-state index in [0.29, 0.717) is 48.1 Å². The van der Waals surface area contributed by atoms with E-state index in [0.717, 1.165) is 0 Å². The van der Waals surface area contributed by atoms with Crippen LogP contribution in [-0.4, -0.2) is 62.2 Å². The normalized spacial score (nSPS) is 15.8. The number of nitrogens with zero attached hydrogens (tertiary/aromatic N) is 5. The standard InChI is InChI=1S/C18H18ClFN6OS/c1-11(28-16-14-15(22-10-21-14)23-18(19)24-16)17(27)26-8-6-25(7-9-26)13-5-3-2-4-12(13)20/h2-5,10-11H,6-9H2,1H3,(H,21,22,23,24)/t11-/m0/s1. The predicted molar refractivity (Wildman–Crippen MR) is 107 cm³/mol. The van der Waals surface area contributed by atoms with Crippen molar-refractivity contribution in [2.45, 2.75) is 17.2 Å². The summed E-state index contributed by atoms with van der Waals surface area (Å²) in [5.41, 5.74) is 1.72. The van der Waals surface area contributed by atoms with Crippen LogP contribution in [0.4, 0.5) is 10.1 Å². The molecule has 3 aromatic rings. The monoisotopic (exact) mass is 420 g/mol. The minimum absolute atomic E-state index is 0.0144. The lowest BCUT2D eigenvalue weighted by molar-refractivity contribution is -0.130. The van der Waals surface area contributed by atoms with Crippen LogP contribution in [0.15, 0.2) is 35.6 Å². The number of anilines is 1. The number of benzene rings is 1. The van der Waals surface area contributed by atoms with Crippen LogP contribution in [0.5, 0.6) is 0 Å². The second kappa shape index (κ2) is 7.92. The zero-order chi connectivity index (χ0) is 19.7. The number of fused-ring (bicyclic) bond motifs is 1. The Balaban J connectivity index is 1.41.